The lowest BCUT2D eigenvalue weighted by molar-refractivity contribution is 0.437. The molecule has 1 aliphatic heterocycles. The van der Waals surface area contributed by atoms with E-state index in [2.05, 4.69) is 75.6 Å². The second-order valence-corrected chi connectivity index (χ2v) is 9.58. The van der Waals surface area contributed by atoms with Crippen LogP contribution in [0.1, 0.15) is 50.6 Å². The Labute approximate surface area is 206 Å². The van der Waals surface area contributed by atoms with Crippen LogP contribution in [0.4, 0.5) is 11.4 Å². The Kier molecular flexibility index (Phi) is 5.91. The monoisotopic (exact) mass is 461 g/mol. The van der Waals surface area contributed by atoms with Crippen LogP contribution in [0, 0.1) is 6.92 Å². The lowest BCUT2D eigenvalue weighted by Gasteiger charge is -2.21. The van der Waals surface area contributed by atoms with Gasteiger partial charge in [0.1, 0.15) is 0 Å². The van der Waals surface area contributed by atoms with Crippen molar-refractivity contribution in [2.24, 2.45) is 4.99 Å². The molecule has 0 atom stereocenters. The number of nitrogens with one attached hydrogen (secondary N) is 1. The zero-order valence-electron chi connectivity index (χ0n) is 20.2. The van der Waals surface area contributed by atoms with E-state index in [1.54, 1.807) is 0 Å². The Bertz CT molecular complexity index is 1510. The number of pyridine rings is 1. The van der Waals surface area contributed by atoms with Gasteiger partial charge in [-0.3, -0.25) is 9.98 Å². The number of aryl methyl sites for hydroxylation is 1. The largest absolute Gasteiger partial charge is 0.352 e. The van der Waals surface area contributed by atoms with Gasteiger partial charge in [-0.15, -0.1) is 0 Å². The minimum absolute atomic E-state index is 0.368. The standard InChI is InChI=1S/C30H31N5/c1-21-24(16-10-18-31-21)33-26-19-28-30(20-27(26)32-22-11-4-2-5-12-22)35(23-13-6-3-7-14-23)29-17-9-8-15-25(29)34-28/h3,6-7,10,13-20,22,33H,2,4-5,8-9,11-12H2,1H3/b32-27+. The van der Waals surface area contributed by atoms with Crippen LogP contribution in [-0.4, -0.2) is 20.6 Å². The molecule has 176 valence electrons. The van der Waals surface area contributed by atoms with Gasteiger partial charge < -0.3 is 9.88 Å². The maximum atomic E-state index is 5.30. The average Bonchev–Trinajstić information content (AvgIpc) is 2.90. The minimum atomic E-state index is 0.368. The van der Waals surface area contributed by atoms with Crippen molar-refractivity contribution < 1.29 is 0 Å². The predicted molar refractivity (Wildman–Crippen MR) is 142 cm³/mol. The number of hydrogen-bond acceptors (Lipinski definition) is 4. The van der Waals surface area contributed by atoms with Crippen molar-refractivity contribution in [3.8, 4) is 17.1 Å². The van der Waals surface area contributed by atoms with E-state index in [0.29, 0.717) is 6.04 Å². The van der Waals surface area contributed by atoms with E-state index in [0.717, 1.165) is 70.5 Å². The molecule has 0 bridgehead atoms. The molecule has 5 heteroatoms. The lowest BCUT2D eigenvalue weighted by atomic mass is 9.96. The van der Waals surface area contributed by atoms with Crippen LogP contribution in [0.5, 0.6) is 0 Å². The highest BCUT2D eigenvalue weighted by atomic mass is 15.0. The van der Waals surface area contributed by atoms with E-state index in [9.17, 15) is 0 Å². The molecule has 5 nitrogen and oxygen atoms in total. The first-order chi connectivity index (χ1) is 17.3. The summed E-state index contributed by atoms with van der Waals surface area (Å²) < 4.78 is 2.35. The SMILES string of the molecule is Cc1ncccc1Nc1cc2nc3c(n(-c4ccccc4)c-2c/c1=N\C1CCCCC1)=CCCC=3. The molecule has 6 rings (SSSR count). The summed E-state index contributed by atoms with van der Waals surface area (Å²) in [5.74, 6) is 0. The summed E-state index contributed by atoms with van der Waals surface area (Å²) >= 11 is 0. The fraction of sp³-hybridized carbons (Fsp3) is 0.300. The third-order valence-corrected chi connectivity index (χ3v) is 7.11. The van der Waals surface area contributed by atoms with Crippen molar-refractivity contribution in [2.45, 2.75) is 57.9 Å². The highest BCUT2D eigenvalue weighted by molar-refractivity contribution is 5.71. The summed E-state index contributed by atoms with van der Waals surface area (Å²) in [6.45, 7) is 2.03. The van der Waals surface area contributed by atoms with Crippen molar-refractivity contribution in [1.29, 1.82) is 0 Å². The summed E-state index contributed by atoms with van der Waals surface area (Å²) in [4.78, 5) is 14.9. The molecule has 1 fully saturated rings. The molecule has 1 aromatic heterocycles. The zero-order valence-corrected chi connectivity index (χ0v) is 20.2. The second-order valence-electron chi connectivity index (χ2n) is 9.58. The summed E-state index contributed by atoms with van der Waals surface area (Å²) in [5, 5.41) is 6.86. The Balaban J connectivity index is 1.63. The molecule has 1 aromatic carbocycles. The van der Waals surface area contributed by atoms with E-state index in [1.165, 1.54) is 24.6 Å². The normalized spacial score (nSPS) is 16.4. The van der Waals surface area contributed by atoms with E-state index in [1.807, 2.05) is 19.2 Å². The van der Waals surface area contributed by atoms with E-state index >= 15 is 0 Å². The summed E-state index contributed by atoms with van der Waals surface area (Å²) in [6, 6.07) is 19.4. The molecular weight excluding hydrogens is 430 g/mol. The molecule has 2 aromatic rings. The highest BCUT2D eigenvalue weighted by Crippen LogP contribution is 2.26. The lowest BCUT2D eigenvalue weighted by Crippen LogP contribution is -2.40. The first-order valence-electron chi connectivity index (χ1n) is 12.8. The van der Waals surface area contributed by atoms with Crippen molar-refractivity contribution >= 4 is 23.5 Å². The fourth-order valence-electron chi connectivity index (χ4n) is 5.28. The number of para-hydroxylation sites is 1. The van der Waals surface area contributed by atoms with Gasteiger partial charge in [0.2, 0.25) is 0 Å². The number of benzene rings is 2. The highest BCUT2D eigenvalue weighted by Gasteiger charge is 2.18. The number of rotatable bonds is 4. The molecular formula is C30H31N5. The van der Waals surface area contributed by atoms with Crippen LogP contribution in [0.15, 0.2) is 65.8 Å². The van der Waals surface area contributed by atoms with Crippen molar-refractivity contribution in [1.82, 2.24) is 14.5 Å². The number of fused-ring (bicyclic) bond motifs is 2. The first-order valence-corrected chi connectivity index (χ1v) is 12.8. The molecule has 1 saturated carbocycles. The van der Waals surface area contributed by atoms with Gasteiger partial charge in [-0.25, -0.2) is 4.98 Å². The van der Waals surface area contributed by atoms with Crippen LogP contribution >= 0.6 is 0 Å². The summed E-state index contributed by atoms with van der Waals surface area (Å²) in [7, 11) is 0. The Morgan fingerprint density at radius 2 is 1.74 bits per heavy atom. The molecule has 4 aliphatic rings. The first kappa shape index (κ1) is 21.8. The topological polar surface area (TPSA) is 55.1 Å². The predicted octanol–water partition coefficient (Wildman–Crippen LogP) is 5.01. The van der Waals surface area contributed by atoms with Crippen molar-refractivity contribution in [2.75, 3.05) is 5.32 Å². The zero-order chi connectivity index (χ0) is 23.6. The molecule has 2 heterocycles. The Morgan fingerprint density at radius 1 is 0.914 bits per heavy atom. The molecule has 0 spiro atoms. The molecule has 35 heavy (non-hydrogen) atoms. The van der Waals surface area contributed by atoms with Crippen LogP contribution in [0.3, 0.4) is 0 Å². The van der Waals surface area contributed by atoms with Gasteiger partial charge in [0.15, 0.2) is 0 Å². The Morgan fingerprint density at radius 3 is 2.57 bits per heavy atom. The van der Waals surface area contributed by atoms with Gasteiger partial charge in [0.05, 0.1) is 50.6 Å². The molecule has 0 radical (unpaired) electrons. The van der Waals surface area contributed by atoms with Gasteiger partial charge in [-0.1, -0.05) is 49.6 Å². The molecule has 0 unspecified atom stereocenters. The smallest absolute Gasteiger partial charge is 0.0900 e. The maximum absolute atomic E-state index is 5.30. The average molecular weight is 462 g/mol. The quantitative estimate of drug-likeness (QED) is 0.465. The van der Waals surface area contributed by atoms with E-state index in [-0.39, 0.29) is 0 Å². The molecule has 0 saturated heterocycles. The third-order valence-electron chi connectivity index (χ3n) is 7.11. The van der Waals surface area contributed by atoms with Crippen molar-refractivity contribution in [3.63, 3.8) is 0 Å². The molecule has 1 N–H and O–H groups in total. The second kappa shape index (κ2) is 9.49. The summed E-state index contributed by atoms with van der Waals surface area (Å²) in [6.07, 6.45) is 14.6. The number of hydrogen-bond donors (Lipinski definition) is 1. The van der Waals surface area contributed by atoms with Crippen LogP contribution in [0.25, 0.3) is 29.2 Å². The number of nitrogens with zero attached hydrogens (tertiary/aromatic N) is 4. The molecule has 0 amide bonds. The van der Waals surface area contributed by atoms with Gasteiger partial charge in [0, 0.05) is 11.9 Å². The summed E-state index contributed by atoms with van der Waals surface area (Å²) in [5.41, 5.74) is 6.16. The molecule has 3 aliphatic carbocycles. The van der Waals surface area contributed by atoms with E-state index < -0.39 is 0 Å². The van der Waals surface area contributed by atoms with Gasteiger partial charge in [-0.2, -0.15) is 0 Å². The maximum Gasteiger partial charge on any atom is 0.0900 e. The van der Waals surface area contributed by atoms with Crippen molar-refractivity contribution in [3.05, 3.63) is 82.5 Å². The minimum Gasteiger partial charge on any atom is -0.352 e. The van der Waals surface area contributed by atoms with Crippen LogP contribution in [0.2, 0.25) is 0 Å². The number of anilines is 2. The number of aromatic nitrogens is 3. The van der Waals surface area contributed by atoms with Gasteiger partial charge >= 0.3 is 0 Å². The van der Waals surface area contributed by atoms with Gasteiger partial charge in [0.25, 0.3) is 0 Å². The third kappa shape index (κ3) is 4.39. The van der Waals surface area contributed by atoms with E-state index in [4.69, 9.17) is 9.98 Å². The Hall–Kier alpha value is -3.73. The van der Waals surface area contributed by atoms with Crippen LogP contribution in [-0.2, 0) is 0 Å². The fourth-order valence-corrected chi connectivity index (χ4v) is 5.28. The van der Waals surface area contributed by atoms with Gasteiger partial charge in [-0.05, 0) is 69.0 Å². The van der Waals surface area contributed by atoms with Crippen LogP contribution < -0.4 is 21.4 Å².